The predicted octanol–water partition coefficient (Wildman–Crippen LogP) is 4.32. The van der Waals surface area contributed by atoms with E-state index in [4.69, 9.17) is 4.74 Å². The van der Waals surface area contributed by atoms with Crippen LogP contribution in [0, 0.1) is 6.92 Å². The molecule has 0 aliphatic rings. The van der Waals surface area contributed by atoms with Crippen LogP contribution in [0.2, 0.25) is 0 Å². The molecule has 0 fully saturated rings. The van der Waals surface area contributed by atoms with Gasteiger partial charge in [0.05, 0.1) is 19.1 Å². The van der Waals surface area contributed by atoms with Crippen LogP contribution in [0.25, 0.3) is 0 Å². The van der Waals surface area contributed by atoms with Gasteiger partial charge in [-0.05, 0) is 49.1 Å². The highest BCUT2D eigenvalue weighted by Gasteiger charge is 2.34. The first kappa shape index (κ1) is 30.7. The van der Waals surface area contributed by atoms with Gasteiger partial charge in [-0.3, -0.25) is 13.9 Å². The van der Waals surface area contributed by atoms with E-state index in [0.717, 1.165) is 33.7 Å². The van der Waals surface area contributed by atoms with Gasteiger partial charge in [-0.15, -0.1) is 0 Å². The Bertz CT molecular complexity index is 1380. The van der Waals surface area contributed by atoms with Crippen LogP contribution >= 0.6 is 0 Å². The van der Waals surface area contributed by atoms with Gasteiger partial charge in [-0.25, -0.2) is 8.42 Å². The minimum absolute atomic E-state index is 0.0940. The van der Waals surface area contributed by atoms with Crippen LogP contribution in [-0.2, 0) is 32.6 Å². The third kappa shape index (κ3) is 8.32. The smallest absolute Gasteiger partial charge is 0.244 e. The molecule has 2 atom stereocenters. The first-order valence-electron chi connectivity index (χ1n) is 13.3. The van der Waals surface area contributed by atoms with Gasteiger partial charge in [0.15, 0.2) is 0 Å². The Kier molecular flexibility index (Phi) is 10.7. The number of methoxy groups -OCH3 is 1. The highest BCUT2D eigenvalue weighted by atomic mass is 32.2. The van der Waals surface area contributed by atoms with Crippen molar-refractivity contribution in [3.63, 3.8) is 0 Å². The normalized spacial score (nSPS) is 12.7. The molecule has 0 aliphatic carbocycles. The first-order valence-corrected chi connectivity index (χ1v) is 15.2. The van der Waals surface area contributed by atoms with Gasteiger partial charge in [0, 0.05) is 19.0 Å². The molecule has 0 spiro atoms. The molecule has 8 nitrogen and oxygen atoms in total. The summed E-state index contributed by atoms with van der Waals surface area (Å²) in [5.41, 5.74) is 2.79. The maximum absolute atomic E-state index is 14.2. The van der Waals surface area contributed by atoms with E-state index in [1.807, 2.05) is 81.4 Å². The molecule has 0 bridgehead atoms. The van der Waals surface area contributed by atoms with Crippen molar-refractivity contribution in [2.24, 2.45) is 0 Å². The van der Waals surface area contributed by atoms with Crippen molar-refractivity contribution >= 4 is 27.5 Å². The van der Waals surface area contributed by atoms with Crippen molar-refractivity contribution in [1.29, 1.82) is 0 Å². The second-order valence-corrected chi connectivity index (χ2v) is 11.9. The van der Waals surface area contributed by atoms with Crippen LogP contribution < -0.4 is 14.4 Å². The molecular formula is C31H39N3O5S. The number of ether oxygens (including phenoxy) is 1. The molecule has 0 aliphatic heterocycles. The Morgan fingerprint density at radius 2 is 1.55 bits per heavy atom. The van der Waals surface area contributed by atoms with Gasteiger partial charge in [0.2, 0.25) is 21.8 Å². The van der Waals surface area contributed by atoms with E-state index in [-0.39, 0.29) is 30.6 Å². The van der Waals surface area contributed by atoms with Crippen LogP contribution in [0.1, 0.15) is 37.0 Å². The van der Waals surface area contributed by atoms with Gasteiger partial charge in [-0.2, -0.15) is 0 Å². The number of hydrogen-bond donors (Lipinski definition) is 1. The number of amides is 2. The summed E-state index contributed by atoms with van der Waals surface area (Å²) in [5, 5.41) is 3.03. The maximum Gasteiger partial charge on any atom is 0.244 e. The van der Waals surface area contributed by atoms with E-state index >= 15 is 0 Å². The van der Waals surface area contributed by atoms with Crippen LogP contribution in [0.15, 0.2) is 78.9 Å². The maximum atomic E-state index is 14.2. The van der Waals surface area contributed by atoms with Crippen LogP contribution in [0.3, 0.4) is 0 Å². The Morgan fingerprint density at radius 3 is 2.10 bits per heavy atom. The average molecular weight is 566 g/mol. The standard InChI is InChI=1S/C31H39N3O5S/c1-6-24(3)32-31(36)28(20-25-13-9-7-10-14-25)33(21-26-15-11-8-12-16-26)30(35)22-34(40(5,37)38)27-19-23(2)17-18-29(27)39-4/h7-19,24,28H,6,20-22H2,1-5H3,(H,32,36)/t24-,28+/m0/s1. The second kappa shape index (κ2) is 14.0. The quantitative estimate of drug-likeness (QED) is 0.333. The molecule has 0 heterocycles. The fourth-order valence-electron chi connectivity index (χ4n) is 4.36. The van der Waals surface area contributed by atoms with Crippen LogP contribution in [0.5, 0.6) is 5.75 Å². The molecule has 9 heteroatoms. The monoisotopic (exact) mass is 565 g/mol. The predicted molar refractivity (Wildman–Crippen MR) is 159 cm³/mol. The molecular weight excluding hydrogens is 526 g/mol. The van der Waals surface area contributed by atoms with Crippen molar-refractivity contribution in [1.82, 2.24) is 10.2 Å². The van der Waals surface area contributed by atoms with Crippen LogP contribution in [0.4, 0.5) is 5.69 Å². The van der Waals surface area contributed by atoms with E-state index in [0.29, 0.717) is 5.75 Å². The van der Waals surface area contributed by atoms with Gasteiger partial charge < -0.3 is 15.0 Å². The molecule has 1 N–H and O–H groups in total. The highest BCUT2D eigenvalue weighted by Crippen LogP contribution is 2.31. The molecule has 0 aromatic heterocycles. The summed E-state index contributed by atoms with van der Waals surface area (Å²) in [6.45, 7) is 5.36. The zero-order valence-electron chi connectivity index (χ0n) is 23.8. The summed E-state index contributed by atoms with van der Waals surface area (Å²) >= 11 is 0. The molecule has 2 amide bonds. The number of aryl methyl sites for hydroxylation is 1. The molecule has 0 radical (unpaired) electrons. The van der Waals surface area contributed by atoms with E-state index in [2.05, 4.69) is 5.32 Å². The summed E-state index contributed by atoms with van der Waals surface area (Å²) in [5.74, 6) is -0.464. The number of sulfonamides is 1. The average Bonchev–Trinajstić information content (AvgIpc) is 2.93. The van der Waals surface area contributed by atoms with Gasteiger partial charge in [0.1, 0.15) is 18.3 Å². The Balaban J connectivity index is 2.08. The van der Waals surface area contributed by atoms with Crippen molar-refractivity contribution < 1.29 is 22.7 Å². The topological polar surface area (TPSA) is 96.0 Å². The minimum Gasteiger partial charge on any atom is -0.495 e. The molecule has 3 rings (SSSR count). The summed E-state index contributed by atoms with van der Waals surface area (Å²) in [4.78, 5) is 29.3. The lowest BCUT2D eigenvalue weighted by Gasteiger charge is -2.34. The summed E-state index contributed by atoms with van der Waals surface area (Å²) < 4.78 is 32.5. The number of nitrogens with one attached hydrogen (secondary N) is 1. The lowest BCUT2D eigenvalue weighted by molar-refractivity contribution is -0.140. The molecule has 0 unspecified atom stereocenters. The summed E-state index contributed by atoms with van der Waals surface area (Å²) in [6, 6.07) is 23.0. The lowest BCUT2D eigenvalue weighted by atomic mass is 10.0. The van der Waals surface area contributed by atoms with Crippen LogP contribution in [-0.4, -0.2) is 57.1 Å². The zero-order valence-corrected chi connectivity index (χ0v) is 24.6. The van der Waals surface area contributed by atoms with E-state index in [1.54, 1.807) is 18.2 Å². The molecule has 214 valence electrons. The number of carbonyl (C=O) groups is 2. The van der Waals surface area contributed by atoms with Crippen molar-refractivity contribution in [2.45, 2.75) is 52.2 Å². The molecule has 0 saturated carbocycles. The second-order valence-electron chi connectivity index (χ2n) is 9.98. The Hall–Kier alpha value is -3.85. The zero-order chi connectivity index (χ0) is 29.3. The fraction of sp³-hybridized carbons (Fsp3) is 0.355. The molecule has 40 heavy (non-hydrogen) atoms. The third-order valence-electron chi connectivity index (χ3n) is 6.75. The van der Waals surface area contributed by atoms with Gasteiger partial charge >= 0.3 is 0 Å². The van der Waals surface area contributed by atoms with Crippen molar-refractivity contribution in [2.75, 3.05) is 24.2 Å². The Labute approximate surface area is 238 Å². The molecule has 3 aromatic carbocycles. The molecule has 0 saturated heterocycles. The number of anilines is 1. The third-order valence-corrected chi connectivity index (χ3v) is 7.88. The fourth-order valence-corrected chi connectivity index (χ4v) is 5.21. The van der Waals surface area contributed by atoms with Crippen molar-refractivity contribution in [3.8, 4) is 5.75 Å². The Morgan fingerprint density at radius 1 is 0.950 bits per heavy atom. The highest BCUT2D eigenvalue weighted by molar-refractivity contribution is 7.92. The number of rotatable bonds is 13. The summed E-state index contributed by atoms with van der Waals surface area (Å²) in [7, 11) is -2.44. The van der Waals surface area contributed by atoms with Crippen molar-refractivity contribution in [3.05, 3.63) is 95.6 Å². The van der Waals surface area contributed by atoms with E-state index in [9.17, 15) is 18.0 Å². The SMILES string of the molecule is CC[C@H](C)NC(=O)[C@@H](Cc1ccccc1)N(Cc1ccccc1)C(=O)CN(c1cc(C)ccc1OC)S(C)(=O)=O. The largest absolute Gasteiger partial charge is 0.495 e. The van der Waals surface area contributed by atoms with E-state index < -0.39 is 28.5 Å². The first-order chi connectivity index (χ1) is 19.0. The lowest BCUT2D eigenvalue weighted by Crippen LogP contribution is -2.54. The molecule has 3 aromatic rings. The number of hydrogen-bond acceptors (Lipinski definition) is 5. The summed E-state index contributed by atoms with van der Waals surface area (Å²) in [6.07, 6.45) is 2.06. The van der Waals surface area contributed by atoms with E-state index in [1.165, 1.54) is 12.0 Å². The minimum atomic E-state index is -3.89. The number of carbonyl (C=O) groups excluding carboxylic acids is 2. The van der Waals surface area contributed by atoms with Gasteiger partial charge in [0.25, 0.3) is 0 Å². The number of benzene rings is 3. The number of nitrogens with zero attached hydrogens (tertiary/aromatic N) is 2. The van der Waals surface area contributed by atoms with Gasteiger partial charge in [-0.1, -0.05) is 73.7 Å².